The van der Waals surface area contributed by atoms with Gasteiger partial charge in [0.15, 0.2) is 4.86 Å². The zero-order chi connectivity index (χ0) is 95.3. The zero-order valence-corrected chi connectivity index (χ0v) is 80.6. The van der Waals surface area contributed by atoms with Crippen molar-refractivity contribution in [1.29, 1.82) is 5.16 Å². The number of fused-ring (bicyclic) bond motifs is 28. The van der Waals surface area contributed by atoms with E-state index in [-0.39, 0.29) is 5.41 Å². The Morgan fingerprint density at radius 2 is 0.542 bits per heavy atom. The predicted molar refractivity (Wildman–Crippen MR) is 604 cm³/mol. The van der Waals surface area contributed by atoms with Gasteiger partial charge in [0.1, 0.15) is 15.1 Å². The van der Waals surface area contributed by atoms with Crippen molar-refractivity contribution >= 4 is 137 Å². The van der Waals surface area contributed by atoms with Crippen LogP contribution in [0, 0.1) is 5.16 Å². The third kappa shape index (κ3) is 14.7. The molecule has 0 amide bonds. The van der Waals surface area contributed by atoms with Gasteiger partial charge in [-0.1, -0.05) is 423 Å². The molecule has 2 spiro atoms. The molecule has 2 heterocycles. The minimum absolute atomic E-state index is 0.219. The number of nitrogens with one attached hydrogen (secondary N) is 1. The van der Waals surface area contributed by atoms with Crippen LogP contribution in [0.4, 0.5) is 21.5 Å². The summed E-state index contributed by atoms with van der Waals surface area (Å²) in [6, 6.07) is 187. The van der Waals surface area contributed by atoms with E-state index in [0.717, 1.165) is 28.0 Å². The van der Waals surface area contributed by atoms with Crippen molar-refractivity contribution < 1.29 is 4.39 Å². The van der Waals surface area contributed by atoms with E-state index in [1.54, 1.807) is 0 Å². The van der Waals surface area contributed by atoms with Gasteiger partial charge in [-0.05, 0) is 294 Å². The largest absolute Gasteiger partial charge is 0.331 e. The van der Waals surface area contributed by atoms with Crippen LogP contribution in [0.25, 0.3) is 166 Å². The van der Waals surface area contributed by atoms with E-state index in [4.69, 9.17) is 20.3 Å². The van der Waals surface area contributed by atoms with Gasteiger partial charge in [-0.25, -0.2) is 0 Å². The van der Waals surface area contributed by atoms with E-state index < -0.39 is 17.1 Å². The molecule has 0 aliphatic heterocycles. The lowest BCUT2D eigenvalue weighted by atomic mass is 9.70. The summed E-state index contributed by atoms with van der Waals surface area (Å²) in [4.78, 5) is 1.35. The molecular formula is C132H87B2BrFN4PS. The maximum absolute atomic E-state index is 11.6. The van der Waals surface area contributed by atoms with E-state index >= 15 is 0 Å². The third-order valence-electron chi connectivity index (χ3n) is 29.3. The normalized spacial score (nSPS) is 12.7. The van der Waals surface area contributed by atoms with Gasteiger partial charge in [0, 0.05) is 54.5 Å². The first-order valence-electron chi connectivity index (χ1n) is 48.1. The van der Waals surface area contributed by atoms with Crippen LogP contribution in [-0.2, 0) is 17.3 Å². The molecule has 4 nitrogen and oxygen atoms in total. The average Bonchev–Trinajstić information content (AvgIpc) is 1.51. The fourth-order valence-electron chi connectivity index (χ4n) is 23.2. The van der Waals surface area contributed by atoms with E-state index in [1.807, 2.05) is 0 Å². The molecule has 0 saturated carbocycles. The lowest BCUT2D eigenvalue weighted by molar-refractivity contribution is 0.793. The van der Waals surface area contributed by atoms with Crippen molar-refractivity contribution in [3.8, 4) is 100 Å². The molecule has 22 aromatic carbocycles. The molecule has 4 aliphatic carbocycles. The smallest absolute Gasteiger partial charge is 0.181 e. The fourth-order valence-corrected chi connectivity index (χ4v) is 23.5. The number of nitrogens with zero attached hydrogens (tertiary/aromatic N) is 3. The van der Waals surface area contributed by atoms with Crippen LogP contribution in [-0.4, -0.2) is 29.1 Å². The number of para-hydroxylation sites is 4. The van der Waals surface area contributed by atoms with Gasteiger partial charge in [0.2, 0.25) is 0 Å². The number of aromatic nitrogens is 2. The molecule has 0 unspecified atom stereocenters. The Morgan fingerprint density at radius 3 is 0.937 bits per heavy atom. The molecule has 2 aromatic heterocycles. The van der Waals surface area contributed by atoms with Gasteiger partial charge in [-0.15, -0.1) is 0 Å². The molecule has 4 aliphatic rings. The Labute approximate surface area is 841 Å². The van der Waals surface area contributed by atoms with Crippen molar-refractivity contribution in [2.75, 3.05) is 4.90 Å². The summed E-state index contributed by atoms with van der Waals surface area (Å²) >= 11 is 7.60. The van der Waals surface area contributed by atoms with Crippen LogP contribution in [0.1, 0.15) is 55.6 Å². The highest BCUT2D eigenvalue weighted by atomic mass is 79.9. The summed E-state index contributed by atoms with van der Waals surface area (Å²) in [7, 11) is 9.44. The van der Waals surface area contributed by atoms with Gasteiger partial charge in [0.25, 0.3) is 0 Å². The molecule has 0 bridgehead atoms. The fraction of sp³-hybridized carbons (Fsp3) is 0.0227. The highest BCUT2D eigenvalue weighted by Gasteiger charge is 2.53. The Balaban J connectivity index is 0.000000119. The van der Waals surface area contributed by atoms with Crippen molar-refractivity contribution in [2.45, 2.75) is 17.3 Å². The van der Waals surface area contributed by atoms with E-state index in [1.165, 1.54) is 221 Å². The number of thiocarbonyl (C=S) groups is 1. The molecule has 0 fully saturated rings. The van der Waals surface area contributed by atoms with Crippen LogP contribution in [0.5, 0.6) is 0 Å². The molecule has 0 atom stereocenters. The standard InChI is InChI=1S/C65H42N2.C41H29N.C25H15Br.CHB2FNPS/c1-2-17-47(18-3-1)67-63-28-13-9-23-57(63)58-41-46(33-40-64(58)67)43-29-34-48(35-30-43)66(49-36-31-45(32-37-49)52-24-14-16-44-15-4-5-19-51(44)52)50-38-39-56-55-22-8-12-27-61(55)65(62(56)42-50)59-25-10-6-20-53(59)54-21-7-11-26-60(54)65;1-2-11-35(12-3-1)42-40-16-7-6-14-38(40)39-28-34(25-26-41(39)42)31-21-17-29(18-22-31)27-30-19-23-33(24-20-30)37-15-8-10-32-9-4-5-13-36(32)37;26-16-13-14-20-19-9-3-6-12-23(19)25(24(20)15-16)21-10-4-1-7-17(21)18-8-2-5-11-22(18)25;2-6(3,5)1(4)7/h1-42H;1-26,28H,27H2;1-15H;5H. The molecule has 1 N–H and O–H groups in total. The first kappa shape index (κ1) is 87.1. The maximum Gasteiger partial charge on any atom is 0.181 e. The summed E-state index contributed by atoms with van der Waals surface area (Å²) in [5.74, 6) is 0. The topological polar surface area (TPSA) is 37.0 Å². The lowest BCUT2D eigenvalue weighted by Gasteiger charge is -2.32. The number of hydrogen-bond donors (Lipinski definition) is 1. The molecule has 28 rings (SSSR count). The van der Waals surface area contributed by atoms with Crippen LogP contribution in [0.2, 0.25) is 0 Å². The van der Waals surface area contributed by atoms with E-state index in [2.05, 4.69) is 552 Å². The first-order chi connectivity index (χ1) is 69.8. The second-order valence-electron chi connectivity index (χ2n) is 37.1. The van der Waals surface area contributed by atoms with Gasteiger partial charge in [0.05, 0.1) is 32.9 Å². The minimum Gasteiger partial charge on any atom is -0.331 e. The average molecular weight is 1910 g/mol. The second kappa shape index (κ2) is 35.8. The second-order valence-corrected chi connectivity index (χ2v) is 40.6. The number of hydrogen-bond acceptors (Lipinski definition) is 3. The number of benzene rings is 22. The third-order valence-corrected chi connectivity index (χ3v) is 31.3. The first-order valence-corrected chi connectivity index (χ1v) is 51.2. The minimum atomic E-state index is -3.17. The number of anilines is 3. The quantitative estimate of drug-likeness (QED) is 0.0573. The molecule has 4 radical (unpaired) electrons. The van der Waals surface area contributed by atoms with Crippen molar-refractivity contribution in [3.05, 3.63) is 570 Å². The highest BCUT2D eigenvalue weighted by Crippen LogP contribution is 2.66. The van der Waals surface area contributed by atoms with E-state index in [0.29, 0.717) is 0 Å². The zero-order valence-electron chi connectivity index (χ0n) is 77.3. The van der Waals surface area contributed by atoms with Crippen LogP contribution in [0.15, 0.2) is 514 Å². The van der Waals surface area contributed by atoms with Gasteiger partial charge in [-0.2, -0.15) is 4.39 Å². The summed E-state index contributed by atoms with van der Waals surface area (Å²) in [5, 5.41) is 16.7. The summed E-state index contributed by atoms with van der Waals surface area (Å²) in [6.45, 7) is -3.17. The van der Waals surface area contributed by atoms with Gasteiger partial charge in [-0.3, -0.25) is 0 Å². The van der Waals surface area contributed by atoms with Crippen molar-refractivity contribution in [1.82, 2.24) is 9.13 Å². The van der Waals surface area contributed by atoms with Crippen LogP contribution >= 0.6 is 35.0 Å². The van der Waals surface area contributed by atoms with Gasteiger partial charge < -0.3 is 19.2 Å². The lowest BCUT2D eigenvalue weighted by Crippen LogP contribution is -2.26. The van der Waals surface area contributed by atoms with Crippen LogP contribution < -0.4 is 4.90 Å². The molecule has 24 aromatic rings. The van der Waals surface area contributed by atoms with E-state index in [9.17, 15) is 4.39 Å². The maximum atomic E-state index is 11.6. The molecular weight excluding hydrogens is 1830 g/mol. The Bertz CT molecular complexity index is 9050. The Morgan fingerprint density at radius 1 is 0.261 bits per heavy atom. The molecule has 142 heavy (non-hydrogen) atoms. The highest BCUT2D eigenvalue weighted by molar-refractivity contribution is 9.10. The van der Waals surface area contributed by atoms with Gasteiger partial charge >= 0.3 is 0 Å². The van der Waals surface area contributed by atoms with Crippen LogP contribution in [0.3, 0.4) is 0 Å². The summed E-state index contributed by atoms with van der Waals surface area (Å²) in [5.41, 5.74) is 43.9. The monoisotopic (exact) mass is 1910 g/mol. The molecule has 666 valence electrons. The summed E-state index contributed by atoms with van der Waals surface area (Å²) in [6.07, 6.45) is 0.916. The number of rotatable bonds is 12. The predicted octanol–water partition coefficient (Wildman–Crippen LogP) is 35.9. The van der Waals surface area contributed by atoms with Crippen molar-refractivity contribution in [2.24, 2.45) is 0 Å². The molecule has 10 heteroatoms. The summed E-state index contributed by atoms with van der Waals surface area (Å²) < 4.78 is 17.4. The molecule has 0 saturated heterocycles. The Kier molecular flexibility index (Phi) is 22.0. The van der Waals surface area contributed by atoms with Crippen molar-refractivity contribution in [3.63, 3.8) is 0 Å². The Hall–Kier alpha value is -16.4. The SMILES string of the molecule is Brc1ccc2c(c1)C1(c3ccccc3-c3ccccc31)c1ccccc1-2.[B]P([B])(=N)C(F)=S.c1ccc(-n2c3ccccc3c3cc(-c4ccc(Cc5ccc(-c6cccc7ccccc67)cc5)cc4)ccc32)cc1.c1ccc(-n2c3ccccc3c3cc(-c4ccc(N(c5ccc(-c6cccc7ccccc67)cc5)c5ccc6c(c5)C5(c7ccccc7-c7ccccc75)c5ccccc5-6)cc4)ccc32)cc1. The number of halogens is 2.